The van der Waals surface area contributed by atoms with Crippen LogP contribution in [0, 0.1) is 0 Å². The van der Waals surface area contributed by atoms with E-state index in [1.165, 1.54) is 19.3 Å². The molecule has 132 valence electrons. The fourth-order valence-electron chi connectivity index (χ4n) is 3.30. The summed E-state index contributed by atoms with van der Waals surface area (Å²) in [4.78, 5) is 2.37. The molecule has 1 N–H and O–H groups in total. The molecule has 0 amide bonds. The van der Waals surface area contributed by atoms with Crippen LogP contribution in [0.4, 0.5) is 0 Å². The van der Waals surface area contributed by atoms with E-state index in [9.17, 15) is 5.11 Å². The minimum absolute atomic E-state index is 0.243. The van der Waals surface area contributed by atoms with Crippen LogP contribution in [0.2, 0.25) is 0 Å². The zero-order valence-electron chi connectivity index (χ0n) is 14.5. The number of hydrogen-bond acceptors (Lipinski definition) is 6. The molecule has 0 saturated carbocycles. The normalized spacial score (nSPS) is 21.1. The second-order valence-corrected chi connectivity index (χ2v) is 6.93. The van der Waals surface area contributed by atoms with E-state index in [1.54, 1.807) is 6.26 Å². The molecular formula is C18H27N3O3. The highest BCUT2D eigenvalue weighted by molar-refractivity contribution is 5.02. The summed E-state index contributed by atoms with van der Waals surface area (Å²) in [6.07, 6.45) is 6.35. The molecular weight excluding hydrogens is 306 g/mol. The Morgan fingerprint density at radius 2 is 2.17 bits per heavy atom. The topological polar surface area (TPSA) is 75.5 Å². The van der Waals surface area contributed by atoms with Crippen molar-refractivity contribution in [3.05, 3.63) is 35.9 Å². The molecule has 3 heterocycles. The van der Waals surface area contributed by atoms with Crippen molar-refractivity contribution in [3.63, 3.8) is 0 Å². The van der Waals surface area contributed by atoms with Gasteiger partial charge in [-0.2, -0.15) is 0 Å². The second kappa shape index (κ2) is 7.94. The van der Waals surface area contributed by atoms with Crippen molar-refractivity contribution in [2.75, 3.05) is 6.54 Å². The number of hydrogen-bond donors (Lipinski definition) is 1. The highest BCUT2D eigenvalue weighted by Crippen LogP contribution is 2.28. The first-order chi connectivity index (χ1) is 11.6. The van der Waals surface area contributed by atoms with Crippen LogP contribution in [0.15, 0.2) is 27.2 Å². The van der Waals surface area contributed by atoms with E-state index in [4.69, 9.17) is 8.83 Å². The Morgan fingerprint density at radius 3 is 2.88 bits per heavy atom. The predicted molar refractivity (Wildman–Crippen MR) is 89.3 cm³/mol. The third-order valence-corrected chi connectivity index (χ3v) is 4.68. The molecule has 6 nitrogen and oxygen atoms in total. The van der Waals surface area contributed by atoms with Crippen molar-refractivity contribution >= 4 is 0 Å². The molecule has 2 unspecified atom stereocenters. The highest BCUT2D eigenvalue weighted by Gasteiger charge is 2.26. The molecule has 1 saturated heterocycles. The van der Waals surface area contributed by atoms with Gasteiger partial charge in [-0.3, -0.25) is 4.90 Å². The van der Waals surface area contributed by atoms with Crippen molar-refractivity contribution < 1.29 is 13.9 Å². The van der Waals surface area contributed by atoms with Crippen molar-refractivity contribution in [3.8, 4) is 0 Å². The van der Waals surface area contributed by atoms with Gasteiger partial charge in [0.25, 0.3) is 0 Å². The van der Waals surface area contributed by atoms with Crippen LogP contribution in [0.5, 0.6) is 0 Å². The Balaban J connectivity index is 1.67. The SMILES string of the molecule is CC(C)c1nnc(CN2CCCCCC2CC(O)c2ccco2)o1. The number of furan rings is 1. The lowest BCUT2D eigenvalue weighted by Gasteiger charge is -2.29. The van der Waals surface area contributed by atoms with Gasteiger partial charge in [-0.25, -0.2) is 0 Å². The average molecular weight is 333 g/mol. The summed E-state index contributed by atoms with van der Waals surface area (Å²) in [6.45, 7) is 5.74. The number of rotatable bonds is 6. The monoisotopic (exact) mass is 333 g/mol. The Bertz CT molecular complexity index is 609. The fraction of sp³-hybridized carbons (Fsp3) is 0.667. The maximum absolute atomic E-state index is 10.4. The lowest BCUT2D eigenvalue weighted by atomic mass is 10.0. The van der Waals surface area contributed by atoms with Crippen LogP contribution in [0.3, 0.4) is 0 Å². The molecule has 0 bridgehead atoms. The molecule has 0 aromatic carbocycles. The predicted octanol–water partition coefficient (Wildman–Crippen LogP) is 3.65. The molecule has 3 rings (SSSR count). The molecule has 0 radical (unpaired) electrons. The van der Waals surface area contributed by atoms with E-state index < -0.39 is 6.10 Å². The average Bonchev–Trinajstić information content (AvgIpc) is 3.20. The Kier molecular flexibility index (Phi) is 5.68. The first kappa shape index (κ1) is 17.2. The molecule has 1 aliphatic heterocycles. The van der Waals surface area contributed by atoms with Gasteiger partial charge in [0.15, 0.2) is 0 Å². The molecule has 2 aromatic rings. The van der Waals surface area contributed by atoms with Gasteiger partial charge < -0.3 is 13.9 Å². The number of aromatic nitrogens is 2. The minimum Gasteiger partial charge on any atom is -0.467 e. The van der Waals surface area contributed by atoms with Crippen molar-refractivity contribution in [1.29, 1.82) is 0 Å². The maximum Gasteiger partial charge on any atom is 0.230 e. The lowest BCUT2D eigenvalue weighted by Crippen LogP contribution is -2.35. The fourth-order valence-corrected chi connectivity index (χ4v) is 3.30. The zero-order chi connectivity index (χ0) is 16.9. The number of nitrogens with zero attached hydrogens (tertiary/aromatic N) is 3. The van der Waals surface area contributed by atoms with Crippen LogP contribution < -0.4 is 0 Å². The molecule has 1 fully saturated rings. The van der Waals surface area contributed by atoms with Crippen LogP contribution in [-0.2, 0) is 6.54 Å². The zero-order valence-corrected chi connectivity index (χ0v) is 14.5. The highest BCUT2D eigenvalue weighted by atomic mass is 16.4. The van der Waals surface area contributed by atoms with Crippen molar-refractivity contribution in [2.24, 2.45) is 0 Å². The minimum atomic E-state index is -0.570. The van der Waals surface area contributed by atoms with Gasteiger partial charge in [0.1, 0.15) is 11.9 Å². The summed E-state index contributed by atoms with van der Waals surface area (Å²) in [5.41, 5.74) is 0. The summed E-state index contributed by atoms with van der Waals surface area (Å²) in [7, 11) is 0. The molecule has 2 aromatic heterocycles. The Labute approximate surface area is 142 Å². The Hall–Kier alpha value is -1.66. The van der Waals surface area contributed by atoms with Gasteiger partial charge in [-0.15, -0.1) is 10.2 Å². The van der Waals surface area contributed by atoms with E-state index in [0.717, 1.165) is 13.0 Å². The van der Waals surface area contributed by atoms with Crippen molar-refractivity contribution in [2.45, 2.75) is 70.6 Å². The maximum atomic E-state index is 10.4. The van der Waals surface area contributed by atoms with E-state index in [-0.39, 0.29) is 5.92 Å². The lowest BCUT2D eigenvalue weighted by molar-refractivity contribution is 0.0787. The van der Waals surface area contributed by atoms with Crippen LogP contribution >= 0.6 is 0 Å². The molecule has 1 aliphatic rings. The van der Waals surface area contributed by atoms with Gasteiger partial charge in [-0.1, -0.05) is 26.7 Å². The van der Waals surface area contributed by atoms with E-state index in [2.05, 4.69) is 15.1 Å². The standard InChI is InChI=1S/C18H27N3O3/c1-13(2)18-20-19-17(24-18)12-21-9-5-3-4-7-14(21)11-15(22)16-8-6-10-23-16/h6,8,10,13-15,22H,3-5,7,9,11-12H2,1-2H3. The summed E-state index contributed by atoms with van der Waals surface area (Å²) in [5.74, 6) is 2.23. The summed E-state index contributed by atoms with van der Waals surface area (Å²) < 4.78 is 11.1. The third kappa shape index (κ3) is 4.24. The largest absolute Gasteiger partial charge is 0.467 e. The molecule has 0 spiro atoms. The van der Waals surface area contributed by atoms with Gasteiger partial charge in [0.05, 0.1) is 12.8 Å². The van der Waals surface area contributed by atoms with Crippen molar-refractivity contribution in [1.82, 2.24) is 15.1 Å². The van der Waals surface area contributed by atoms with Gasteiger partial charge in [0.2, 0.25) is 11.8 Å². The second-order valence-electron chi connectivity index (χ2n) is 6.93. The Morgan fingerprint density at radius 1 is 1.29 bits per heavy atom. The summed E-state index contributed by atoms with van der Waals surface area (Å²) in [6, 6.07) is 3.94. The molecule has 24 heavy (non-hydrogen) atoms. The number of likely N-dealkylation sites (tertiary alicyclic amines) is 1. The summed E-state index contributed by atoms with van der Waals surface area (Å²) in [5, 5.41) is 18.8. The molecule has 0 aliphatic carbocycles. The van der Waals surface area contributed by atoms with E-state index in [1.807, 2.05) is 26.0 Å². The van der Waals surface area contributed by atoms with E-state index >= 15 is 0 Å². The quantitative estimate of drug-likeness (QED) is 0.869. The third-order valence-electron chi connectivity index (χ3n) is 4.68. The van der Waals surface area contributed by atoms with Crippen LogP contribution in [-0.4, -0.2) is 32.8 Å². The first-order valence-corrected chi connectivity index (χ1v) is 8.91. The van der Waals surface area contributed by atoms with Gasteiger partial charge in [0, 0.05) is 12.0 Å². The molecule has 2 atom stereocenters. The number of aliphatic hydroxyl groups is 1. The van der Waals surface area contributed by atoms with Crippen LogP contribution in [0.25, 0.3) is 0 Å². The van der Waals surface area contributed by atoms with E-state index in [0.29, 0.717) is 36.5 Å². The summed E-state index contributed by atoms with van der Waals surface area (Å²) >= 11 is 0. The first-order valence-electron chi connectivity index (χ1n) is 8.91. The van der Waals surface area contributed by atoms with Gasteiger partial charge >= 0.3 is 0 Å². The van der Waals surface area contributed by atoms with Crippen LogP contribution in [0.1, 0.15) is 75.5 Å². The van der Waals surface area contributed by atoms with Gasteiger partial charge in [-0.05, 0) is 37.9 Å². The smallest absolute Gasteiger partial charge is 0.230 e. The molecule has 6 heteroatoms. The number of aliphatic hydroxyl groups excluding tert-OH is 1.